The molecular formula is C15H20N2O2. The molecule has 0 bridgehead atoms. The maximum absolute atomic E-state index is 11.2. The average Bonchev–Trinajstić information content (AvgIpc) is 2.40. The minimum Gasteiger partial charge on any atom is -0.494 e. The number of piperidine rings is 1. The fourth-order valence-electron chi connectivity index (χ4n) is 2.03. The first-order valence-electron chi connectivity index (χ1n) is 6.67. The maximum atomic E-state index is 11.2. The highest BCUT2D eigenvalue weighted by Crippen LogP contribution is 2.21. The number of ether oxygens (including phenoxy) is 1. The van der Waals surface area contributed by atoms with Crippen LogP contribution >= 0.6 is 0 Å². The SMILES string of the molecule is C=C1NC(=O)CCC1Nc1cccc(OCCC)c1. The number of amides is 1. The van der Waals surface area contributed by atoms with E-state index in [9.17, 15) is 4.79 Å². The van der Waals surface area contributed by atoms with E-state index in [1.165, 1.54) is 0 Å². The molecule has 4 heteroatoms. The van der Waals surface area contributed by atoms with Crippen molar-refractivity contribution in [2.75, 3.05) is 11.9 Å². The largest absolute Gasteiger partial charge is 0.494 e. The van der Waals surface area contributed by atoms with Gasteiger partial charge in [0.15, 0.2) is 0 Å². The van der Waals surface area contributed by atoms with Gasteiger partial charge in [0.05, 0.1) is 12.6 Å². The van der Waals surface area contributed by atoms with E-state index in [1.807, 2.05) is 24.3 Å². The van der Waals surface area contributed by atoms with Gasteiger partial charge in [-0.1, -0.05) is 19.6 Å². The Kier molecular flexibility index (Phi) is 4.44. The van der Waals surface area contributed by atoms with Crippen LogP contribution in [0.25, 0.3) is 0 Å². The molecule has 0 aromatic heterocycles. The molecule has 0 radical (unpaired) electrons. The number of carbonyl (C=O) groups is 1. The maximum Gasteiger partial charge on any atom is 0.224 e. The molecule has 1 amide bonds. The molecule has 2 N–H and O–H groups in total. The summed E-state index contributed by atoms with van der Waals surface area (Å²) in [7, 11) is 0. The molecule has 0 aliphatic carbocycles. The molecule has 1 fully saturated rings. The third-order valence-corrected chi connectivity index (χ3v) is 3.03. The summed E-state index contributed by atoms with van der Waals surface area (Å²) >= 11 is 0. The van der Waals surface area contributed by atoms with Crippen molar-refractivity contribution >= 4 is 11.6 Å². The summed E-state index contributed by atoms with van der Waals surface area (Å²) in [5.74, 6) is 0.903. The Morgan fingerprint density at radius 2 is 2.37 bits per heavy atom. The molecular weight excluding hydrogens is 240 g/mol. The van der Waals surface area contributed by atoms with Crippen LogP contribution in [0.1, 0.15) is 26.2 Å². The van der Waals surface area contributed by atoms with E-state index in [0.29, 0.717) is 6.42 Å². The van der Waals surface area contributed by atoms with Gasteiger partial charge in [-0.25, -0.2) is 0 Å². The van der Waals surface area contributed by atoms with Gasteiger partial charge in [-0.05, 0) is 25.0 Å². The Hall–Kier alpha value is -1.97. The second-order valence-corrected chi connectivity index (χ2v) is 4.69. The van der Waals surface area contributed by atoms with Crippen LogP contribution in [0.4, 0.5) is 5.69 Å². The zero-order valence-electron chi connectivity index (χ0n) is 11.2. The Labute approximate surface area is 113 Å². The van der Waals surface area contributed by atoms with Crippen LogP contribution in [0.3, 0.4) is 0 Å². The van der Waals surface area contributed by atoms with E-state index in [4.69, 9.17) is 4.74 Å². The smallest absolute Gasteiger partial charge is 0.224 e. The van der Waals surface area contributed by atoms with Crippen molar-refractivity contribution in [2.45, 2.75) is 32.2 Å². The molecule has 0 spiro atoms. The number of nitrogens with one attached hydrogen (secondary N) is 2. The number of rotatable bonds is 5. The van der Waals surface area contributed by atoms with E-state index in [-0.39, 0.29) is 11.9 Å². The summed E-state index contributed by atoms with van der Waals surface area (Å²) in [6.07, 6.45) is 2.29. The normalized spacial score (nSPS) is 18.9. The van der Waals surface area contributed by atoms with Gasteiger partial charge in [-0.2, -0.15) is 0 Å². The molecule has 4 nitrogen and oxygen atoms in total. The molecule has 1 unspecified atom stereocenters. The van der Waals surface area contributed by atoms with Crippen LogP contribution in [0, 0.1) is 0 Å². The first-order valence-corrected chi connectivity index (χ1v) is 6.67. The Balaban J connectivity index is 1.98. The lowest BCUT2D eigenvalue weighted by Crippen LogP contribution is -2.39. The van der Waals surface area contributed by atoms with Gasteiger partial charge in [-0.15, -0.1) is 0 Å². The van der Waals surface area contributed by atoms with Crippen LogP contribution < -0.4 is 15.4 Å². The Bertz CT molecular complexity index is 471. The predicted molar refractivity (Wildman–Crippen MR) is 76.2 cm³/mol. The topological polar surface area (TPSA) is 50.4 Å². The molecule has 1 aliphatic heterocycles. The predicted octanol–water partition coefficient (Wildman–Crippen LogP) is 2.68. The molecule has 1 aromatic carbocycles. The number of benzene rings is 1. The minimum absolute atomic E-state index is 0.0445. The van der Waals surface area contributed by atoms with Crippen molar-refractivity contribution < 1.29 is 9.53 Å². The number of hydrogen-bond acceptors (Lipinski definition) is 3. The molecule has 102 valence electrons. The molecule has 1 heterocycles. The van der Waals surface area contributed by atoms with Crippen molar-refractivity contribution in [2.24, 2.45) is 0 Å². The highest BCUT2D eigenvalue weighted by molar-refractivity contribution is 5.79. The van der Waals surface area contributed by atoms with Gasteiger partial charge in [0.25, 0.3) is 0 Å². The van der Waals surface area contributed by atoms with Crippen molar-refractivity contribution in [3.8, 4) is 5.75 Å². The van der Waals surface area contributed by atoms with Crippen molar-refractivity contribution in [3.05, 3.63) is 36.5 Å². The van der Waals surface area contributed by atoms with Gasteiger partial charge >= 0.3 is 0 Å². The average molecular weight is 260 g/mol. The third-order valence-electron chi connectivity index (χ3n) is 3.03. The fraction of sp³-hybridized carbons (Fsp3) is 0.400. The molecule has 2 rings (SSSR count). The minimum atomic E-state index is 0.0445. The lowest BCUT2D eigenvalue weighted by atomic mass is 10.0. The lowest BCUT2D eigenvalue weighted by molar-refractivity contribution is -0.121. The second-order valence-electron chi connectivity index (χ2n) is 4.69. The third kappa shape index (κ3) is 3.74. The molecule has 1 saturated heterocycles. The highest BCUT2D eigenvalue weighted by atomic mass is 16.5. The van der Waals surface area contributed by atoms with Crippen LogP contribution in [-0.2, 0) is 4.79 Å². The Morgan fingerprint density at radius 3 is 3.11 bits per heavy atom. The van der Waals surface area contributed by atoms with Crippen molar-refractivity contribution in [1.82, 2.24) is 5.32 Å². The summed E-state index contributed by atoms with van der Waals surface area (Å²) in [5.41, 5.74) is 1.71. The summed E-state index contributed by atoms with van der Waals surface area (Å²) in [6, 6.07) is 7.94. The van der Waals surface area contributed by atoms with Crippen LogP contribution in [0.5, 0.6) is 5.75 Å². The van der Waals surface area contributed by atoms with Crippen LogP contribution in [0.2, 0.25) is 0 Å². The zero-order chi connectivity index (χ0) is 13.7. The van der Waals surface area contributed by atoms with E-state index in [0.717, 1.165) is 36.6 Å². The molecule has 0 saturated carbocycles. The zero-order valence-corrected chi connectivity index (χ0v) is 11.2. The first-order chi connectivity index (χ1) is 9.19. The summed E-state index contributed by atoms with van der Waals surface area (Å²) in [6.45, 7) is 6.69. The quantitative estimate of drug-likeness (QED) is 0.855. The van der Waals surface area contributed by atoms with E-state index in [1.54, 1.807) is 0 Å². The van der Waals surface area contributed by atoms with Gasteiger partial charge < -0.3 is 15.4 Å². The lowest BCUT2D eigenvalue weighted by Gasteiger charge is -2.26. The van der Waals surface area contributed by atoms with Crippen LogP contribution in [-0.4, -0.2) is 18.6 Å². The van der Waals surface area contributed by atoms with E-state index >= 15 is 0 Å². The van der Waals surface area contributed by atoms with Gasteiger partial charge in [0.1, 0.15) is 5.75 Å². The fourth-order valence-corrected chi connectivity index (χ4v) is 2.03. The monoisotopic (exact) mass is 260 g/mol. The summed E-state index contributed by atoms with van der Waals surface area (Å²) < 4.78 is 5.60. The van der Waals surface area contributed by atoms with Crippen molar-refractivity contribution in [3.63, 3.8) is 0 Å². The van der Waals surface area contributed by atoms with Crippen LogP contribution in [0.15, 0.2) is 36.5 Å². The highest BCUT2D eigenvalue weighted by Gasteiger charge is 2.21. The molecule has 1 aromatic rings. The van der Waals surface area contributed by atoms with Gasteiger partial charge in [0.2, 0.25) is 5.91 Å². The van der Waals surface area contributed by atoms with E-state index < -0.39 is 0 Å². The van der Waals surface area contributed by atoms with E-state index in [2.05, 4.69) is 24.1 Å². The Morgan fingerprint density at radius 1 is 1.53 bits per heavy atom. The van der Waals surface area contributed by atoms with Gasteiger partial charge in [-0.3, -0.25) is 4.79 Å². The summed E-state index contributed by atoms with van der Waals surface area (Å²) in [4.78, 5) is 11.2. The van der Waals surface area contributed by atoms with Crippen molar-refractivity contribution in [1.29, 1.82) is 0 Å². The number of anilines is 1. The number of hydrogen-bond donors (Lipinski definition) is 2. The number of carbonyl (C=O) groups excluding carboxylic acids is 1. The van der Waals surface area contributed by atoms with Gasteiger partial charge in [0, 0.05) is 23.9 Å². The summed E-state index contributed by atoms with van der Waals surface area (Å²) in [5, 5.41) is 6.15. The molecule has 1 atom stereocenters. The molecule has 19 heavy (non-hydrogen) atoms. The first kappa shape index (κ1) is 13.5. The standard InChI is InChI=1S/C15H20N2O2/c1-3-9-19-13-6-4-5-12(10-13)17-14-7-8-15(18)16-11(14)2/h4-6,10,14,17H,2-3,7-9H2,1H3,(H,16,18). The molecule has 1 aliphatic rings. The second kappa shape index (κ2) is 6.27.